The Morgan fingerprint density at radius 1 is 0.635 bits per heavy atom. The third kappa shape index (κ3) is 15.4. The first-order valence-electron chi connectivity index (χ1n) is 26.7. The van der Waals surface area contributed by atoms with Gasteiger partial charge >= 0.3 is 12.4 Å². The van der Waals surface area contributed by atoms with Crippen LogP contribution >= 0.6 is 0 Å². The summed E-state index contributed by atoms with van der Waals surface area (Å²) in [5.41, 5.74) is 11.1. The van der Waals surface area contributed by atoms with E-state index in [9.17, 15) is 36.7 Å². The van der Waals surface area contributed by atoms with Crippen LogP contribution in [0.25, 0.3) is 21.5 Å². The average Bonchev–Trinajstić information content (AvgIpc) is 3.19. The zero-order valence-electron chi connectivity index (χ0n) is 46.4. The van der Waals surface area contributed by atoms with Gasteiger partial charge in [-0.05, 0) is 113 Å². The first-order chi connectivity index (χ1) is 41.1. The Balaban J connectivity index is 1.18. The zero-order chi connectivity index (χ0) is 60.1. The van der Waals surface area contributed by atoms with Gasteiger partial charge in [0.1, 0.15) is 47.4 Å². The molecule has 1 aromatic heterocycles. The smallest absolute Gasteiger partial charge is 0.416 e. The molecule has 2 N–H and O–H groups in total. The first-order valence-corrected chi connectivity index (χ1v) is 26.7. The number of aromatic nitrogens is 2. The number of amides is 1. The number of carbonyl (C=O) groups excluding carboxylic acids is 1. The molecule has 2 saturated heterocycles. The van der Waals surface area contributed by atoms with E-state index in [2.05, 4.69) is 25.6 Å². The summed E-state index contributed by atoms with van der Waals surface area (Å²) in [5, 5.41) is 9.95. The summed E-state index contributed by atoms with van der Waals surface area (Å²) in [5.74, 6) is 2.39. The Morgan fingerprint density at radius 2 is 1.13 bits per heavy atom. The standard InChI is InChI=1S/C60H61F6N7O12/c1-75-42-15-5-36(6-16-42)27-79-32-51-53(71-72-67)55(50(31-81-51)73-34-68-48-26-41(60(64,65)66)14-24-49(48)73)85-58-54(70-46-23-13-40(59(61,62)63)25-47(46)69-35-74)57(83-30-39-11-21-45(78-4)22-12-39)56(82-29-38-9-19-44(77-3)20-10-38)52(84-58)33-80-28-37-7-17-43(76-2)18-8-37/h5-26,34-35,50-58,70H,27-33H2,1-4H3,(H,69,74)/t50?,51?,52?,53-,54?,55+,56-,57-,58-/m0/s1. The Labute approximate surface area is 484 Å². The van der Waals surface area contributed by atoms with Crippen LogP contribution in [0.4, 0.5) is 37.7 Å². The SMILES string of the molecule is COc1ccc(COCC2OCC(n3cnc4cc(C(F)(F)F)ccc43)[C@@H](O[C@@H]3OC(COCc4ccc(OC)cc4)[C@H](OCc4ccc(OC)cc4)[C@@H](OCc4ccc(OC)cc4)C3Nc3ccc(C(F)(F)F)cc3NC=O)[C@H]2N=[N+]=[N-])cc1. The molecule has 1 amide bonds. The molecular weight excluding hydrogens is 1120 g/mol. The van der Waals surface area contributed by atoms with Gasteiger partial charge < -0.3 is 67.3 Å². The van der Waals surface area contributed by atoms with Crippen molar-refractivity contribution in [3.63, 3.8) is 0 Å². The molecule has 85 heavy (non-hydrogen) atoms. The van der Waals surface area contributed by atoms with Crippen molar-refractivity contribution in [2.75, 3.05) is 58.9 Å². The summed E-state index contributed by atoms with van der Waals surface area (Å²) >= 11 is 0. The van der Waals surface area contributed by atoms with Crippen LogP contribution in [-0.4, -0.2) is 113 Å². The molecule has 0 radical (unpaired) electrons. The number of anilines is 2. The van der Waals surface area contributed by atoms with Crippen LogP contribution in [0, 0.1) is 0 Å². The molecule has 6 aromatic carbocycles. The van der Waals surface area contributed by atoms with Crippen LogP contribution in [0.2, 0.25) is 0 Å². The second-order valence-electron chi connectivity index (χ2n) is 19.8. The fourth-order valence-electron chi connectivity index (χ4n) is 10.0. The molecule has 0 spiro atoms. The number of ether oxygens (including phenoxy) is 11. The Hall–Kier alpha value is -8.13. The van der Waals surface area contributed by atoms with Gasteiger partial charge in [0.05, 0.1) is 139 Å². The van der Waals surface area contributed by atoms with Crippen molar-refractivity contribution in [1.29, 1.82) is 0 Å². The average molecular weight is 1190 g/mol. The van der Waals surface area contributed by atoms with Crippen molar-refractivity contribution in [2.45, 2.75) is 93.7 Å². The highest BCUT2D eigenvalue weighted by molar-refractivity contribution is 5.81. The van der Waals surface area contributed by atoms with Crippen molar-refractivity contribution >= 4 is 28.8 Å². The van der Waals surface area contributed by atoms with Crippen LogP contribution < -0.4 is 29.6 Å². The van der Waals surface area contributed by atoms with E-state index in [0.717, 1.165) is 41.5 Å². The van der Waals surface area contributed by atoms with Crippen molar-refractivity contribution in [3.05, 3.63) is 184 Å². The van der Waals surface area contributed by atoms with Gasteiger partial charge in [-0.15, -0.1) is 0 Å². The molecule has 9 atom stereocenters. The predicted molar refractivity (Wildman–Crippen MR) is 297 cm³/mol. The summed E-state index contributed by atoms with van der Waals surface area (Å²) in [6.45, 7) is -0.590. The van der Waals surface area contributed by atoms with Crippen molar-refractivity contribution in [3.8, 4) is 23.0 Å². The highest BCUT2D eigenvalue weighted by Crippen LogP contribution is 2.41. The molecule has 4 unspecified atom stereocenters. The maximum atomic E-state index is 14.4. The first kappa shape index (κ1) is 61.4. The van der Waals surface area contributed by atoms with E-state index >= 15 is 0 Å². The maximum Gasteiger partial charge on any atom is 0.416 e. The number of benzene rings is 6. The van der Waals surface area contributed by atoms with E-state index < -0.39 is 78.4 Å². The number of nitrogens with one attached hydrogen (secondary N) is 2. The van der Waals surface area contributed by atoms with Crippen LogP contribution in [0.3, 0.4) is 0 Å². The molecule has 7 aromatic rings. The highest BCUT2D eigenvalue weighted by atomic mass is 19.4. The molecule has 450 valence electrons. The second-order valence-corrected chi connectivity index (χ2v) is 19.8. The Bertz CT molecular complexity index is 3340. The van der Waals surface area contributed by atoms with Crippen molar-refractivity contribution < 1.29 is 83.2 Å². The van der Waals surface area contributed by atoms with E-state index in [1.165, 1.54) is 33.7 Å². The van der Waals surface area contributed by atoms with Crippen LogP contribution in [0.5, 0.6) is 23.0 Å². The number of imidazole rings is 1. The molecule has 3 heterocycles. The number of halogens is 6. The van der Waals surface area contributed by atoms with Gasteiger partial charge in [0.15, 0.2) is 6.29 Å². The molecule has 2 aliphatic rings. The molecule has 25 heteroatoms. The number of azide groups is 1. The van der Waals surface area contributed by atoms with Gasteiger partial charge in [-0.3, -0.25) is 4.79 Å². The number of carbonyl (C=O) groups is 1. The number of fused-ring (bicyclic) bond motifs is 1. The predicted octanol–water partition coefficient (Wildman–Crippen LogP) is 11.5. The summed E-state index contributed by atoms with van der Waals surface area (Å²) in [4.78, 5) is 19.8. The lowest BCUT2D eigenvalue weighted by Gasteiger charge is -2.49. The number of alkyl halides is 6. The summed E-state index contributed by atoms with van der Waals surface area (Å²) in [6.07, 6.45) is -15.4. The van der Waals surface area contributed by atoms with Gasteiger partial charge in [-0.1, -0.05) is 53.6 Å². The highest BCUT2D eigenvalue weighted by Gasteiger charge is 2.52. The monoisotopic (exact) mass is 1190 g/mol. The number of rotatable bonds is 26. The summed E-state index contributed by atoms with van der Waals surface area (Å²) in [7, 11) is 6.14. The normalized spacial score (nSPS) is 21.6. The third-order valence-electron chi connectivity index (χ3n) is 14.5. The molecule has 0 aliphatic carbocycles. The number of hydrogen-bond donors (Lipinski definition) is 2. The van der Waals surface area contributed by atoms with Crippen molar-refractivity contribution in [2.24, 2.45) is 5.11 Å². The van der Waals surface area contributed by atoms with Crippen molar-refractivity contribution in [1.82, 2.24) is 9.55 Å². The fraction of sp³-hybridized carbons (Fsp3) is 0.367. The minimum Gasteiger partial charge on any atom is -0.497 e. The maximum absolute atomic E-state index is 14.4. The molecule has 2 fully saturated rings. The van der Waals surface area contributed by atoms with E-state index in [-0.39, 0.29) is 75.1 Å². The molecule has 19 nitrogen and oxygen atoms in total. The van der Waals surface area contributed by atoms with Gasteiger partial charge in [-0.2, -0.15) is 26.3 Å². The van der Waals surface area contributed by atoms with Crippen LogP contribution in [-0.2, 0) is 76.7 Å². The Kier molecular flexibility index (Phi) is 20.4. The van der Waals surface area contributed by atoms with Gasteiger partial charge in [0, 0.05) is 4.91 Å². The summed E-state index contributed by atoms with van der Waals surface area (Å²) in [6, 6.07) is 30.6. The van der Waals surface area contributed by atoms with Crippen LogP contribution in [0.1, 0.15) is 39.4 Å². The number of methoxy groups -OCH3 is 4. The van der Waals surface area contributed by atoms with E-state index in [4.69, 9.17) is 52.1 Å². The van der Waals surface area contributed by atoms with E-state index in [1.54, 1.807) is 96.6 Å². The van der Waals surface area contributed by atoms with E-state index in [0.29, 0.717) is 34.1 Å². The van der Waals surface area contributed by atoms with E-state index in [1.807, 2.05) is 12.1 Å². The van der Waals surface area contributed by atoms with Gasteiger partial charge in [0.2, 0.25) is 6.41 Å². The molecular formula is C60H61F6N7O12. The zero-order valence-corrected chi connectivity index (χ0v) is 46.4. The van der Waals surface area contributed by atoms with Gasteiger partial charge in [0.25, 0.3) is 0 Å². The fourth-order valence-corrected chi connectivity index (χ4v) is 10.0. The second kappa shape index (κ2) is 28.2. The minimum absolute atomic E-state index is 0.0252. The third-order valence-corrected chi connectivity index (χ3v) is 14.5. The van der Waals surface area contributed by atoms with Gasteiger partial charge in [-0.25, -0.2) is 4.98 Å². The Morgan fingerprint density at radius 3 is 1.64 bits per heavy atom. The molecule has 9 rings (SSSR count). The lowest BCUT2D eigenvalue weighted by molar-refractivity contribution is -0.304. The number of hydrogen-bond acceptors (Lipinski definition) is 15. The quantitative estimate of drug-likeness (QED) is 0.0170. The lowest BCUT2D eigenvalue weighted by Crippen LogP contribution is -2.65. The number of nitrogens with zero attached hydrogens (tertiary/aromatic N) is 5. The molecule has 0 bridgehead atoms. The molecule has 2 aliphatic heterocycles. The minimum atomic E-state index is -4.82. The topological polar surface area (TPSA) is 209 Å². The largest absolute Gasteiger partial charge is 0.497 e. The molecule has 0 saturated carbocycles. The summed E-state index contributed by atoms with van der Waals surface area (Å²) < 4.78 is 156. The lowest BCUT2D eigenvalue weighted by atomic mass is 9.93. The van der Waals surface area contributed by atoms with Crippen LogP contribution in [0.15, 0.2) is 145 Å².